The van der Waals surface area contributed by atoms with E-state index in [2.05, 4.69) is 0 Å². The molecule has 112 valence electrons. The van der Waals surface area contributed by atoms with Gasteiger partial charge in [0.25, 0.3) is 0 Å². The Bertz CT molecular complexity index is 584. The number of ether oxygens (including phenoxy) is 1. The average Bonchev–Trinajstić information content (AvgIpc) is 2.36. The van der Waals surface area contributed by atoms with Crippen LogP contribution in [0.15, 0.2) is 18.2 Å². The molecule has 7 heteroatoms. The molecule has 1 aromatic rings. The first-order valence-corrected chi connectivity index (χ1v) is 8.26. The summed E-state index contributed by atoms with van der Waals surface area (Å²) in [6, 6.07) is 4.80. The summed E-state index contributed by atoms with van der Waals surface area (Å²) in [6.07, 6.45) is 1.18. The van der Waals surface area contributed by atoms with E-state index in [0.717, 1.165) is 0 Å². The summed E-state index contributed by atoms with van der Waals surface area (Å²) in [4.78, 5) is 13.4. The van der Waals surface area contributed by atoms with Crippen LogP contribution >= 0.6 is 0 Å². The fourth-order valence-corrected chi connectivity index (χ4v) is 2.24. The minimum absolute atomic E-state index is 0.0204. The quantitative estimate of drug-likeness (QED) is 0.621. The molecule has 0 saturated heterocycles. The SMILES string of the molecule is CCOC(=O)c1ccc(N)c(N(C)CCS(C)(=O)=O)c1. The Labute approximate surface area is 119 Å². The van der Waals surface area contributed by atoms with Gasteiger partial charge in [-0.05, 0) is 25.1 Å². The van der Waals surface area contributed by atoms with Crippen LogP contribution in [-0.4, -0.2) is 46.6 Å². The van der Waals surface area contributed by atoms with Crippen molar-refractivity contribution < 1.29 is 17.9 Å². The van der Waals surface area contributed by atoms with Crippen molar-refractivity contribution in [2.45, 2.75) is 6.92 Å². The zero-order valence-electron chi connectivity index (χ0n) is 11.9. The molecule has 0 saturated carbocycles. The first-order chi connectivity index (χ1) is 9.24. The van der Waals surface area contributed by atoms with Gasteiger partial charge in [0.2, 0.25) is 0 Å². The van der Waals surface area contributed by atoms with Crippen LogP contribution in [0.4, 0.5) is 11.4 Å². The summed E-state index contributed by atoms with van der Waals surface area (Å²) in [5.74, 6) is -0.405. The van der Waals surface area contributed by atoms with Crippen molar-refractivity contribution in [1.29, 1.82) is 0 Å². The maximum absolute atomic E-state index is 11.7. The Hall–Kier alpha value is -1.76. The average molecular weight is 300 g/mol. The lowest BCUT2D eigenvalue weighted by Crippen LogP contribution is -2.26. The lowest BCUT2D eigenvalue weighted by Gasteiger charge is -2.21. The third kappa shape index (κ3) is 4.73. The van der Waals surface area contributed by atoms with Gasteiger partial charge < -0.3 is 15.4 Å². The zero-order valence-corrected chi connectivity index (χ0v) is 12.7. The molecule has 0 heterocycles. The molecule has 0 aromatic heterocycles. The second-order valence-electron chi connectivity index (χ2n) is 4.55. The number of carbonyl (C=O) groups excluding carboxylic acids is 1. The number of esters is 1. The number of nitrogen functional groups attached to an aromatic ring is 1. The molecule has 0 amide bonds. The highest BCUT2D eigenvalue weighted by molar-refractivity contribution is 7.90. The standard InChI is InChI=1S/C13H20N2O4S/c1-4-19-13(16)10-5-6-11(14)12(9-10)15(2)7-8-20(3,17)18/h5-6,9H,4,7-8,14H2,1-3H3. The molecule has 0 aliphatic rings. The number of rotatable bonds is 6. The minimum atomic E-state index is -3.05. The molecule has 0 aliphatic heterocycles. The van der Waals surface area contributed by atoms with Gasteiger partial charge in [0.1, 0.15) is 9.84 Å². The van der Waals surface area contributed by atoms with Crippen LogP contribution in [0.5, 0.6) is 0 Å². The fraction of sp³-hybridized carbons (Fsp3) is 0.462. The number of hydrogen-bond donors (Lipinski definition) is 1. The van der Waals surface area contributed by atoms with Gasteiger partial charge in [0.15, 0.2) is 0 Å². The van der Waals surface area contributed by atoms with Gasteiger partial charge in [0.05, 0.1) is 29.3 Å². The van der Waals surface area contributed by atoms with Gasteiger partial charge >= 0.3 is 5.97 Å². The van der Waals surface area contributed by atoms with Gasteiger partial charge in [-0.15, -0.1) is 0 Å². The minimum Gasteiger partial charge on any atom is -0.462 e. The van der Waals surface area contributed by atoms with Crippen molar-refractivity contribution in [3.8, 4) is 0 Å². The molecule has 0 aliphatic carbocycles. The van der Waals surface area contributed by atoms with Crippen LogP contribution in [0.3, 0.4) is 0 Å². The molecule has 1 aromatic carbocycles. The Morgan fingerprint density at radius 1 is 1.40 bits per heavy atom. The number of sulfone groups is 1. The van der Waals surface area contributed by atoms with Gasteiger partial charge in [-0.2, -0.15) is 0 Å². The monoisotopic (exact) mass is 300 g/mol. The second kappa shape index (κ2) is 6.60. The Morgan fingerprint density at radius 3 is 2.60 bits per heavy atom. The molecule has 6 nitrogen and oxygen atoms in total. The topological polar surface area (TPSA) is 89.7 Å². The molecular weight excluding hydrogens is 280 g/mol. The summed E-state index contributed by atoms with van der Waals surface area (Å²) >= 11 is 0. The van der Waals surface area contributed by atoms with Crippen LogP contribution in [-0.2, 0) is 14.6 Å². The van der Waals surface area contributed by atoms with Gasteiger partial charge in [-0.1, -0.05) is 0 Å². The number of anilines is 2. The lowest BCUT2D eigenvalue weighted by atomic mass is 10.1. The van der Waals surface area contributed by atoms with E-state index in [1.54, 1.807) is 37.1 Å². The van der Waals surface area contributed by atoms with Crippen LogP contribution in [0, 0.1) is 0 Å². The van der Waals surface area contributed by atoms with Crippen LogP contribution in [0.25, 0.3) is 0 Å². The summed E-state index contributed by atoms with van der Waals surface area (Å²) in [7, 11) is -1.32. The van der Waals surface area contributed by atoms with Crippen molar-refractivity contribution in [1.82, 2.24) is 0 Å². The van der Waals surface area contributed by atoms with E-state index in [9.17, 15) is 13.2 Å². The number of nitrogens with zero attached hydrogens (tertiary/aromatic N) is 1. The highest BCUT2D eigenvalue weighted by Crippen LogP contribution is 2.24. The van der Waals surface area contributed by atoms with Crippen LogP contribution in [0.2, 0.25) is 0 Å². The first kappa shape index (κ1) is 16.3. The van der Waals surface area contributed by atoms with E-state index in [1.165, 1.54) is 6.26 Å². The second-order valence-corrected chi connectivity index (χ2v) is 6.81. The van der Waals surface area contributed by atoms with Gasteiger partial charge in [-0.3, -0.25) is 0 Å². The van der Waals surface area contributed by atoms with Crippen molar-refractivity contribution in [3.63, 3.8) is 0 Å². The molecule has 0 unspecified atom stereocenters. The third-order valence-corrected chi connectivity index (χ3v) is 3.67. The highest BCUT2D eigenvalue weighted by Gasteiger charge is 2.13. The molecule has 0 atom stereocenters. The maximum atomic E-state index is 11.7. The third-order valence-electron chi connectivity index (χ3n) is 2.75. The van der Waals surface area contributed by atoms with E-state index in [0.29, 0.717) is 30.1 Å². The fourth-order valence-electron chi connectivity index (χ4n) is 1.64. The van der Waals surface area contributed by atoms with Crippen molar-refractivity contribution in [3.05, 3.63) is 23.8 Å². The van der Waals surface area contributed by atoms with Gasteiger partial charge in [-0.25, -0.2) is 13.2 Å². The predicted molar refractivity (Wildman–Crippen MR) is 79.8 cm³/mol. The molecule has 1 rings (SSSR count). The summed E-state index contributed by atoms with van der Waals surface area (Å²) in [6.45, 7) is 2.33. The van der Waals surface area contributed by atoms with Gasteiger partial charge in [0, 0.05) is 19.8 Å². The predicted octanol–water partition coefficient (Wildman–Crippen LogP) is 0.926. The van der Waals surface area contributed by atoms with E-state index >= 15 is 0 Å². The molecule has 2 N–H and O–H groups in total. The van der Waals surface area contributed by atoms with E-state index in [-0.39, 0.29) is 5.75 Å². The number of nitrogens with two attached hydrogens (primary N) is 1. The van der Waals surface area contributed by atoms with E-state index in [1.807, 2.05) is 0 Å². The van der Waals surface area contributed by atoms with Crippen LogP contribution in [0.1, 0.15) is 17.3 Å². The number of benzene rings is 1. The molecule has 0 bridgehead atoms. The molecule has 0 radical (unpaired) electrons. The summed E-state index contributed by atoms with van der Waals surface area (Å²) in [5.41, 5.74) is 7.34. The number of carbonyl (C=O) groups is 1. The molecule has 0 fully saturated rings. The first-order valence-electron chi connectivity index (χ1n) is 6.20. The lowest BCUT2D eigenvalue weighted by molar-refractivity contribution is 0.0526. The highest BCUT2D eigenvalue weighted by atomic mass is 32.2. The zero-order chi connectivity index (χ0) is 15.3. The van der Waals surface area contributed by atoms with Crippen molar-refractivity contribution >= 4 is 27.2 Å². The van der Waals surface area contributed by atoms with Crippen LogP contribution < -0.4 is 10.6 Å². The maximum Gasteiger partial charge on any atom is 0.338 e. The number of hydrogen-bond acceptors (Lipinski definition) is 6. The van der Waals surface area contributed by atoms with Crippen molar-refractivity contribution in [2.24, 2.45) is 0 Å². The Morgan fingerprint density at radius 2 is 2.05 bits per heavy atom. The van der Waals surface area contributed by atoms with E-state index in [4.69, 9.17) is 10.5 Å². The Kier molecular flexibility index (Phi) is 5.38. The van der Waals surface area contributed by atoms with E-state index < -0.39 is 15.8 Å². The summed E-state index contributed by atoms with van der Waals surface area (Å²) < 4.78 is 27.3. The largest absolute Gasteiger partial charge is 0.462 e. The Balaban J connectivity index is 2.93. The van der Waals surface area contributed by atoms with Crippen molar-refractivity contribution in [2.75, 3.05) is 42.8 Å². The smallest absolute Gasteiger partial charge is 0.338 e. The molecule has 20 heavy (non-hydrogen) atoms. The molecule has 0 spiro atoms. The normalized spacial score (nSPS) is 11.2. The summed E-state index contributed by atoms with van der Waals surface area (Å²) in [5, 5.41) is 0. The molecular formula is C13H20N2O4S.